The van der Waals surface area contributed by atoms with Crippen LogP contribution < -0.4 is 10.1 Å². The lowest BCUT2D eigenvalue weighted by atomic mass is 9.81. The van der Waals surface area contributed by atoms with E-state index in [1.165, 1.54) is 31.2 Å². The maximum Gasteiger partial charge on any atom is 0.246 e. The van der Waals surface area contributed by atoms with Crippen molar-refractivity contribution in [2.75, 3.05) is 26.2 Å². The largest absolute Gasteiger partial charge is 0.489 e. The van der Waals surface area contributed by atoms with Gasteiger partial charge in [-0.3, -0.25) is 9.59 Å². The lowest BCUT2D eigenvalue weighted by Gasteiger charge is -2.51. The Kier molecular flexibility index (Phi) is 10.9. The Labute approximate surface area is 257 Å². The Morgan fingerprint density at radius 2 is 1.42 bits per heavy atom. The second kappa shape index (κ2) is 15.2. The third-order valence-electron chi connectivity index (χ3n) is 9.08. The van der Waals surface area contributed by atoms with Crippen molar-refractivity contribution in [1.82, 2.24) is 15.1 Å². The van der Waals surface area contributed by atoms with Gasteiger partial charge in [0, 0.05) is 26.1 Å². The molecular weight excluding hydrogens is 534 g/mol. The highest BCUT2D eigenvalue weighted by Crippen LogP contribution is 2.34. The summed E-state index contributed by atoms with van der Waals surface area (Å²) in [5, 5.41) is 3.14. The Morgan fingerprint density at radius 1 is 0.767 bits per heavy atom. The molecule has 2 aliphatic rings. The number of carbonyl (C=O) groups excluding carboxylic acids is 2. The van der Waals surface area contributed by atoms with E-state index < -0.39 is 11.6 Å². The summed E-state index contributed by atoms with van der Waals surface area (Å²) >= 11 is 0. The molecule has 2 amide bonds. The first-order valence-corrected chi connectivity index (χ1v) is 16.2. The van der Waals surface area contributed by atoms with Crippen LogP contribution in [0.3, 0.4) is 0 Å². The van der Waals surface area contributed by atoms with E-state index in [9.17, 15) is 9.59 Å². The van der Waals surface area contributed by atoms with Crippen LogP contribution in [0.4, 0.5) is 0 Å². The minimum absolute atomic E-state index is 0.0222. The number of amides is 2. The molecule has 6 heteroatoms. The van der Waals surface area contributed by atoms with Crippen LogP contribution >= 0.6 is 0 Å². The van der Waals surface area contributed by atoms with Gasteiger partial charge in [-0.15, -0.1) is 0 Å². The highest BCUT2D eigenvalue weighted by atomic mass is 16.5. The predicted octanol–water partition coefficient (Wildman–Crippen LogP) is 6.18. The van der Waals surface area contributed by atoms with Gasteiger partial charge >= 0.3 is 0 Å². The number of piperazine rings is 1. The van der Waals surface area contributed by atoms with Gasteiger partial charge in [0.2, 0.25) is 11.8 Å². The number of carbonyl (C=O) groups is 2. The monoisotopic (exact) mass is 581 g/mol. The normalized spacial score (nSPS) is 18.5. The van der Waals surface area contributed by atoms with Gasteiger partial charge in [0.15, 0.2) is 0 Å². The average molecular weight is 582 g/mol. The molecule has 0 bridgehead atoms. The molecule has 1 atom stereocenters. The molecule has 228 valence electrons. The number of nitrogens with zero attached hydrogens (tertiary/aromatic N) is 2. The summed E-state index contributed by atoms with van der Waals surface area (Å²) in [5.41, 5.74) is 2.83. The first kappa shape index (κ1) is 30.8. The van der Waals surface area contributed by atoms with Crippen LogP contribution in [0.25, 0.3) is 0 Å². The van der Waals surface area contributed by atoms with Crippen molar-refractivity contribution in [1.29, 1.82) is 0 Å². The number of hydrogen-bond donors (Lipinski definition) is 1. The zero-order chi connectivity index (χ0) is 29.9. The van der Waals surface area contributed by atoms with E-state index in [2.05, 4.69) is 47.5 Å². The van der Waals surface area contributed by atoms with E-state index in [0.29, 0.717) is 32.4 Å². The maximum absolute atomic E-state index is 13.8. The van der Waals surface area contributed by atoms with Gasteiger partial charge in [-0.05, 0) is 73.9 Å². The molecule has 0 radical (unpaired) electrons. The molecule has 3 aromatic rings. The Bertz CT molecular complexity index is 1290. The number of aryl methyl sites for hydroxylation is 1. The van der Waals surface area contributed by atoms with E-state index in [-0.39, 0.29) is 11.8 Å². The van der Waals surface area contributed by atoms with Crippen molar-refractivity contribution >= 4 is 11.8 Å². The van der Waals surface area contributed by atoms with Gasteiger partial charge in [0.25, 0.3) is 0 Å². The number of likely N-dealkylation sites (tertiary alicyclic amines) is 1. The van der Waals surface area contributed by atoms with Gasteiger partial charge in [-0.1, -0.05) is 92.6 Å². The molecule has 0 saturated carbocycles. The third-order valence-corrected chi connectivity index (χ3v) is 9.08. The fraction of sp³-hybridized carbons (Fsp3) is 0.459. The molecule has 3 aromatic carbocycles. The van der Waals surface area contributed by atoms with Crippen molar-refractivity contribution in [3.63, 3.8) is 0 Å². The molecule has 2 fully saturated rings. The molecule has 0 aromatic heterocycles. The van der Waals surface area contributed by atoms with Gasteiger partial charge in [-0.25, -0.2) is 0 Å². The van der Waals surface area contributed by atoms with Crippen molar-refractivity contribution in [3.05, 3.63) is 102 Å². The maximum atomic E-state index is 13.8. The Morgan fingerprint density at radius 3 is 2.09 bits per heavy atom. The molecule has 1 N–H and O–H groups in total. The summed E-state index contributed by atoms with van der Waals surface area (Å²) in [4.78, 5) is 31.9. The van der Waals surface area contributed by atoms with Crippen LogP contribution in [0.1, 0.15) is 68.6 Å². The third kappa shape index (κ3) is 8.05. The van der Waals surface area contributed by atoms with Gasteiger partial charge in [0.1, 0.15) is 23.9 Å². The van der Waals surface area contributed by atoms with E-state index in [4.69, 9.17) is 4.74 Å². The van der Waals surface area contributed by atoms with Crippen LogP contribution in [-0.4, -0.2) is 59.4 Å². The Balaban J connectivity index is 1.09. The van der Waals surface area contributed by atoms with Crippen LogP contribution in [0.15, 0.2) is 84.9 Å². The summed E-state index contributed by atoms with van der Waals surface area (Å²) < 4.78 is 5.92. The zero-order valence-electron chi connectivity index (χ0n) is 25.7. The molecule has 2 aliphatic heterocycles. The first-order valence-electron chi connectivity index (χ1n) is 16.2. The molecule has 1 spiro atoms. The summed E-state index contributed by atoms with van der Waals surface area (Å²) in [6, 6.07) is 28.1. The molecule has 0 unspecified atom stereocenters. The van der Waals surface area contributed by atoms with E-state index in [1.54, 1.807) is 0 Å². The first-order chi connectivity index (χ1) is 21.1. The summed E-state index contributed by atoms with van der Waals surface area (Å²) in [6.07, 6.45) is 8.79. The predicted molar refractivity (Wildman–Crippen MR) is 172 cm³/mol. The molecule has 2 saturated heterocycles. The molecule has 0 aliphatic carbocycles. The van der Waals surface area contributed by atoms with Crippen molar-refractivity contribution in [3.8, 4) is 5.75 Å². The number of ether oxygens (including phenoxy) is 1. The number of piperidine rings is 1. The van der Waals surface area contributed by atoms with Crippen LogP contribution in [-0.2, 0) is 29.0 Å². The van der Waals surface area contributed by atoms with Crippen molar-refractivity contribution < 1.29 is 14.3 Å². The number of benzene rings is 3. The fourth-order valence-corrected chi connectivity index (χ4v) is 6.57. The molecule has 2 heterocycles. The lowest BCUT2D eigenvalue weighted by Crippen LogP contribution is -2.73. The lowest BCUT2D eigenvalue weighted by molar-refractivity contribution is -0.161. The van der Waals surface area contributed by atoms with Crippen LogP contribution in [0.5, 0.6) is 5.75 Å². The minimum Gasteiger partial charge on any atom is -0.489 e. The van der Waals surface area contributed by atoms with Crippen molar-refractivity contribution in [2.45, 2.75) is 82.9 Å². The topological polar surface area (TPSA) is 61.9 Å². The quantitative estimate of drug-likeness (QED) is 0.231. The summed E-state index contributed by atoms with van der Waals surface area (Å²) in [5.74, 6) is 0.865. The average Bonchev–Trinajstić information content (AvgIpc) is 3.05. The zero-order valence-corrected chi connectivity index (χ0v) is 25.7. The number of unbranched alkanes of at least 4 members (excludes halogenated alkanes) is 3. The second-order valence-electron chi connectivity index (χ2n) is 12.2. The molecular formula is C37H47N3O3. The smallest absolute Gasteiger partial charge is 0.246 e. The molecule has 5 rings (SSSR count). The van der Waals surface area contributed by atoms with E-state index in [1.807, 2.05) is 59.5 Å². The molecule has 6 nitrogen and oxygen atoms in total. The summed E-state index contributed by atoms with van der Waals surface area (Å²) in [7, 11) is 0. The van der Waals surface area contributed by atoms with Gasteiger partial charge in [-0.2, -0.15) is 0 Å². The number of rotatable bonds is 14. The van der Waals surface area contributed by atoms with Crippen LogP contribution in [0, 0.1) is 0 Å². The Hall–Kier alpha value is -3.64. The standard InChI is InChI=1S/C37H47N3O3/c1-2-24-40-35(41)34(28-31-18-20-33(21-19-31)43-29-32-16-10-6-11-17-32)38-36(42)37(40)22-26-39(27-23-37)25-12-4-3-7-13-30-14-8-5-9-15-30/h5-6,8-11,14-21,34H,2-4,7,12-13,22-29H2,1H3,(H,38,42)/t34-/m1/s1. The van der Waals surface area contributed by atoms with E-state index >= 15 is 0 Å². The molecule has 43 heavy (non-hydrogen) atoms. The highest BCUT2D eigenvalue weighted by Gasteiger charge is 2.53. The van der Waals surface area contributed by atoms with Crippen molar-refractivity contribution in [2.24, 2.45) is 0 Å². The number of hydrogen-bond acceptors (Lipinski definition) is 4. The minimum atomic E-state index is -0.717. The van der Waals surface area contributed by atoms with Crippen LogP contribution in [0.2, 0.25) is 0 Å². The SMILES string of the molecule is CCCN1C(=O)[C@@H](Cc2ccc(OCc3ccccc3)cc2)NC(=O)C12CCN(CCCCCCc1ccccc1)CC2. The van der Waals surface area contributed by atoms with E-state index in [0.717, 1.165) is 49.4 Å². The fourth-order valence-electron chi connectivity index (χ4n) is 6.57. The highest BCUT2D eigenvalue weighted by molar-refractivity contribution is 6.00. The van der Waals surface area contributed by atoms with Gasteiger partial charge in [0.05, 0.1) is 0 Å². The van der Waals surface area contributed by atoms with Gasteiger partial charge < -0.3 is 19.9 Å². The number of nitrogens with one attached hydrogen (secondary N) is 1. The summed E-state index contributed by atoms with van der Waals surface area (Å²) in [6.45, 7) is 6.01. The second-order valence-corrected chi connectivity index (χ2v) is 12.2.